The first kappa shape index (κ1) is 18.5. The van der Waals surface area contributed by atoms with Gasteiger partial charge in [0, 0.05) is 0 Å². The van der Waals surface area contributed by atoms with Crippen LogP contribution in [0, 0.1) is 0 Å². The lowest BCUT2D eigenvalue weighted by atomic mass is 9.95. The highest BCUT2D eigenvalue weighted by Gasteiger charge is 2.28. The summed E-state index contributed by atoms with van der Waals surface area (Å²) in [5.41, 5.74) is 1.92. The fourth-order valence-corrected chi connectivity index (χ4v) is 2.34. The molecule has 0 saturated heterocycles. The second-order valence-corrected chi connectivity index (χ2v) is 6.06. The van der Waals surface area contributed by atoms with Crippen LogP contribution in [0.2, 0.25) is 0 Å². The Labute approximate surface area is 146 Å². The monoisotopic (exact) mass is 343 g/mol. The molecule has 132 valence electrons. The Kier molecular flexibility index (Phi) is 5.77. The van der Waals surface area contributed by atoms with E-state index in [2.05, 4.69) is 5.32 Å². The van der Waals surface area contributed by atoms with Crippen LogP contribution in [-0.4, -0.2) is 34.9 Å². The molecule has 0 unspecified atom stereocenters. The molecule has 0 aromatic heterocycles. The summed E-state index contributed by atoms with van der Waals surface area (Å²) in [7, 11) is 0. The molecule has 0 aliphatic carbocycles. The van der Waals surface area contributed by atoms with Crippen LogP contribution < -0.4 is 5.32 Å². The predicted octanol–water partition coefficient (Wildman–Crippen LogP) is 2.76. The topological polar surface area (TPSA) is 95.9 Å². The quantitative estimate of drug-likeness (QED) is 0.749. The molecule has 0 aliphatic rings. The van der Waals surface area contributed by atoms with E-state index < -0.39 is 30.3 Å². The third-order valence-corrected chi connectivity index (χ3v) is 3.81. The van der Waals surface area contributed by atoms with Gasteiger partial charge in [-0.1, -0.05) is 54.6 Å². The minimum Gasteiger partial charge on any atom is -0.480 e. The number of rotatable bonds is 6. The zero-order valence-electron chi connectivity index (χ0n) is 14.1. The first-order chi connectivity index (χ1) is 11.8. The number of aliphatic hydroxyl groups excluding tert-OH is 1. The molecule has 1 atom stereocenters. The highest BCUT2D eigenvalue weighted by molar-refractivity contribution is 5.80. The average molecular weight is 343 g/mol. The van der Waals surface area contributed by atoms with Gasteiger partial charge in [-0.15, -0.1) is 0 Å². The lowest BCUT2D eigenvalue weighted by molar-refractivity contribution is -0.140. The van der Waals surface area contributed by atoms with Gasteiger partial charge in [0.25, 0.3) is 0 Å². The molecule has 2 aromatic carbocycles. The van der Waals surface area contributed by atoms with Crippen LogP contribution in [0.4, 0.5) is 4.79 Å². The van der Waals surface area contributed by atoms with Crippen molar-refractivity contribution in [3.8, 4) is 11.1 Å². The molecule has 2 aromatic rings. The highest BCUT2D eigenvalue weighted by atomic mass is 16.6. The fraction of sp³-hybridized carbons (Fsp3) is 0.263. The Hall–Kier alpha value is -2.86. The normalized spacial score (nSPS) is 12.3. The minimum atomic E-state index is -1.40. The highest BCUT2D eigenvalue weighted by Crippen LogP contribution is 2.27. The van der Waals surface area contributed by atoms with Crippen LogP contribution in [0.3, 0.4) is 0 Å². The van der Waals surface area contributed by atoms with Crippen molar-refractivity contribution in [2.24, 2.45) is 0 Å². The van der Waals surface area contributed by atoms with Crippen LogP contribution in [-0.2, 0) is 15.1 Å². The first-order valence-corrected chi connectivity index (χ1v) is 7.82. The Morgan fingerprint density at radius 1 is 1.04 bits per heavy atom. The maximum atomic E-state index is 11.9. The third kappa shape index (κ3) is 4.81. The molecule has 0 aliphatic heterocycles. The first-order valence-electron chi connectivity index (χ1n) is 7.82. The van der Waals surface area contributed by atoms with Gasteiger partial charge in [0.05, 0.1) is 6.61 Å². The summed E-state index contributed by atoms with van der Waals surface area (Å²) < 4.78 is 5.33. The van der Waals surface area contributed by atoms with Crippen LogP contribution in [0.1, 0.15) is 19.4 Å². The molecule has 0 spiro atoms. The van der Waals surface area contributed by atoms with Gasteiger partial charge in [-0.3, -0.25) is 0 Å². The molecular formula is C19H21NO5. The van der Waals surface area contributed by atoms with Crippen molar-refractivity contribution in [3.05, 3.63) is 60.2 Å². The number of ether oxygens (including phenoxy) is 1. The zero-order valence-corrected chi connectivity index (χ0v) is 14.1. The van der Waals surface area contributed by atoms with E-state index in [1.807, 2.05) is 54.6 Å². The summed E-state index contributed by atoms with van der Waals surface area (Å²) in [4.78, 5) is 22.7. The summed E-state index contributed by atoms with van der Waals surface area (Å²) in [5, 5.41) is 19.9. The van der Waals surface area contributed by atoms with E-state index in [1.54, 1.807) is 13.8 Å². The SMILES string of the molecule is CC(C)(OC(=O)N[C@@H](CO)C(=O)O)c1ccc(-c2ccccc2)cc1. The van der Waals surface area contributed by atoms with Crippen molar-refractivity contribution in [1.29, 1.82) is 0 Å². The minimum absolute atomic E-state index is 0.712. The summed E-state index contributed by atoms with van der Waals surface area (Å²) in [6, 6.07) is 16.1. The van der Waals surface area contributed by atoms with Gasteiger partial charge in [-0.05, 0) is 30.5 Å². The summed E-state index contributed by atoms with van der Waals surface area (Å²) >= 11 is 0. The van der Waals surface area contributed by atoms with Crippen molar-refractivity contribution in [2.75, 3.05) is 6.61 Å². The lowest BCUT2D eigenvalue weighted by Gasteiger charge is -2.26. The van der Waals surface area contributed by atoms with Crippen molar-refractivity contribution in [3.63, 3.8) is 0 Å². The van der Waals surface area contributed by atoms with Gasteiger partial charge in [-0.2, -0.15) is 0 Å². The van der Waals surface area contributed by atoms with Gasteiger partial charge >= 0.3 is 12.1 Å². The molecule has 0 bridgehead atoms. The smallest absolute Gasteiger partial charge is 0.408 e. The van der Waals surface area contributed by atoms with Gasteiger partial charge in [0.2, 0.25) is 0 Å². The number of aliphatic hydroxyl groups is 1. The number of carboxylic acid groups (broad SMARTS) is 1. The number of hydrogen-bond donors (Lipinski definition) is 3. The molecule has 0 heterocycles. The molecule has 25 heavy (non-hydrogen) atoms. The maximum absolute atomic E-state index is 11.9. The molecular weight excluding hydrogens is 322 g/mol. The molecule has 3 N–H and O–H groups in total. The van der Waals surface area contributed by atoms with Crippen LogP contribution in [0.25, 0.3) is 11.1 Å². The lowest BCUT2D eigenvalue weighted by Crippen LogP contribution is -2.45. The second kappa shape index (κ2) is 7.81. The van der Waals surface area contributed by atoms with Gasteiger partial charge < -0.3 is 20.3 Å². The van der Waals surface area contributed by atoms with E-state index in [0.717, 1.165) is 16.7 Å². The number of benzene rings is 2. The van der Waals surface area contributed by atoms with Crippen molar-refractivity contribution < 1.29 is 24.5 Å². The Morgan fingerprint density at radius 2 is 1.60 bits per heavy atom. The van der Waals surface area contributed by atoms with E-state index in [9.17, 15) is 9.59 Å². The van der Waals surface area contributed by atoms with E-state index in [-0.39, 0.29) is 0 Å². The zero-order chi connectivity index (χ0) is 18.4. The number of hydrogen-bond acceptors (Lipinski definition) is 4. The van der Waals surface area contributed by atoms with Crippen molar-refractivity contribution in [1.82, 2.24) is 5.32 Å². The maximum Gasteiger partial charge on any atom is 0.408 e. The summed E-state index contributed by atoms with van der Waals surface area (Å²) in [5.74, 6) is -1.33. The molecule has 1 amide bonds. The van der Waals surface area contributed by atoms with Gasteiger partial charge in [-0.25, -0.2) is 9.59 Å². The Bertz CT molecular complexity index is 725. The number of carbonyl (C=O) groups is 2. The van der Waals surface area contributed by atoms with Crippen LogP contribution in [0.5, 0.6) is 0 Å². The third-order valence-electron chi connectivity index (χ3n) is 3.81. The largest absolute Gasteiger partial charge is 0.480 e. The van der Waals surface area contributed by atoms with Crippen molar-refractivity contribution in [2.45, 2.75) is 25.5 Å². The molecule has 0 radical (unpaired) electrons. The van der Waals surface area contributed by atoms with E-state index >= 15 is 0 Å². The van der Waals surface area contributed by atoms with Crippen LogP contribution >= 0.6 is 0 Å². The standard InChI is InChI=1S/C19H21NO5/c1-19(2,25-18(24)20-16(12-21)17(22)23)15-10-8-14(9-11-15)13-6-4-3-5-7-13/h3-11,16,21H,12H2,1-2H3,(H,20,24)(H,22,23)/t16-/m0/s1. The van der Waals surface area contributed by atoms with E-state index in [4.69, 9.17) is 14.9 Å². The second-order valence-electron chi connectivity index (χ2n) is 6.06. The number of amides is 1. The molecule has 6 heteroatoms. The van der Waals surface area contributed by atoms with Gasteiger partial charge in [0.15, 0.2) is 6.04 Å². The number of carbonyl (C=O) groups excluding carboxylic acids is 1. The van der Waals surface area contributed by atoms with Crippen LogP contribution in [0.15, 0.2) is 54.6 Å². The fourth-order valence-electron chi connectivity index (χ4n) is 2.34. The average Bonchev–Trinajstić information content (AvgIpc) is 2.60. The number of nitrogens with one attached hydrogen (secondary N) is 1. The molecule has 6 nitrogen and oxygen atoms in total. The summed E-state index contributed by atoms with van der Waals surface area (Å²) in [6.45, 7) is 2.70. The Morgan fingerprint density at radius 3 is 2.12 bits per heavy atom. The number of carboxylic acids is 1. The molecule has 0 fully saturated rings. The number of alkyl carbamates (subject to hydrolysis) is 1. The van der Waals surface area contributed by atoms with E-state index in [0.29, 0.717) is 0 Å². The van der Waals surface area contributed by atoms with Crippen molar-refractivity contribution >= 4 is 12.1 Å². The predicted molar refractivity (Wildman–Crippen MR) is 93.0 cm³/mol. The molecule has 0 saturated carbocycles. The molecule has 2 rings (SSSR count). The van der Waals surface area contributed by atoms with Gasteiger partial charge in [0.1, 0.15) is 5.60 Å². The summed E-state index contributed by atoms with van der Waals surface area (Å²) in [6.07, 6.45) is -0.904. The number of aliphatic carboxylic acids is 1. The Balaban J connectivity index is 2.08. The van der Waals surface area contributed by atoms with E-state index in [1.165, 1.54) is 0 Å².